The quantitative estimate of drug-likeness (QED) is 0.805. The van der Waals surface area contributed by atoms with Crippen LogP contribution in [0.3, 0.4) is 0 Å². The van der Waals surface area contributed by atoms with Crippen molar-refractivity contribution in [2.24, 2.45) is 5.92 Å². The molecular formula is C16H18BrNO. The molecule has 0 spiro atoms. The van der Waals surface area contributed by atoms with E-state index in [1.54, 1.807) is 7.11 Å². The Labute approximate surface area is 123 Å². The van der Waals surface area contributed by atoms with E-state index in [9.17, 15) is 0 Å². The van der Waals surface area contributed by atoms with E-state index < -0.39 is 0 Å². The fourth-order valence-corrected chi connectivity index (χ4v) is 3.74. The maximum absolute atomic E-state index is 8.91. The van der Waals surface area contributed by atoms with Crippen molar-refractivity contribution in [1.29, 1.82) is 5.26 Å². The maximum Gasteiger partial charge on any atom is 0.103 e. The van der Waals surface area contributed by atoms with Gasteiger partial charge in [0.05, 0.1) is 13.2 Å². The molecule has 0 saturated carbocycles. The average molecular weight is 320 g/mol. The molecule has 1 aromatic rings. The van der Waals surface area contributed by atoms with Gasteiger partial charge in [-0.1, -0.05) is 15.9 Å². The van der Waals surface area contributed by atoms with Crippen molar-refractivity contribution in [1.82, 2.24) is 0 Å². The molecule has 0 saturated heterocycles. The summed E-state index contributed by atoms with van der Waals surface area (Å²) in [6.45, 7) is 4.26. The molecule has 0 fully saturated rings. The third-order valence-corrected chi connectivity index (χ3v) is 4.23. The normalized spacial score (nSPS) is 18.6. The van der Waals surface area contributed by atoms with Crippen molar-refractivity contribution in [3.8, 4) is 6.07 Å². The van der Waals surface area contributed by atoms with Gasteiger partial charge >= 0.3 is 0 Å². The Morgan fingerprint density at radius 3 is 2.53 bits per heavy atom. The topological polar surface area (TPSA) is 33.0 Å². The van der Waals surface area contributed by atoms with Crippen LogP contribution in [0.25, 0.3) is 5.57 Å². The molecule has 0 aliphatic heterocycles. The second-order valence-electron chi connectivity index (χ2n) is 5.06. The van der Waals surface area contributed by atoms with Gasteiger partial charge in [-0.3, -0.25) is 0 Å². The number of hydrogen-bond donors (Lipinski definition) is 0. The van der Waals surface area contributed by atoms with E-state index in [0.717, 1.165) is 23.1 Å². The van der Waals surface area contributed by atoms with Gasteiger partial charge in [0.2, 0.25) is 0 Å². The fraction of sp³-hybridized carbons (Fsp3) is 0.438. The first-order valence-electron chi connectivity index (χ1n) is 6.49. The highest BCUT2D eigenvalue weighted by molar-refractivity contribution is 9.10. The fourth-order valence-electron chi connectivity index (χ4n) is 3.05. The molecule has 19 heavy (non-hydrogen) atoms. The highest BCUT2D eigenvalue weighted by atomic mass is 79.9. The molecule has 0 bridgehead atoms. The zero-order chi connectivity index (χ0) is 14.0. The molecule has 3 heteroatoms. The minimum Gasteiger partial charge on any atom is -0.500 e. The smallest absolute Gasteiger partial charge is 0.103 e. The zero-order valence-electron chi connectivity index (χ0n) is 11.6. The van der Waals surface area contributed by atoms with Crippen LogP contribution < -0.4 is 0 Å². The lowest BCUT2D eigenvalue weighted by Gasteiger charge is -2.15. The Hall–Kier alpha value is -1.27. The number of methoxy groups -OCH3 is 1. The molecule has 1 unspecified atom stereocenters. The number of nitrogens with zero attached hydrogens (tertiary/aromatic N) is 1. The Kier molecular flexibility index (Phi) is 4.31. The molecule has 0 aromatic heterocycles. The van der Waals surface area contributed by atoms with Crippen LogP contribution >= 0.6 is 15.9 Å². The highest BCUT2D eigenvalue weighted by Gasteiger charge is 2.28. The lowest BCUT2D eigenvalue weighted by atomic mass is 9.95. The van der Waals surface area contributed by atoms with Crippen molar-refractivity contribution < 1.29 is 4.74 Å². The Bertz CT molecular complexity index is 546. The monoisotopic (exact) mass is 319 g/mol. The number of rotatable bonds is 3. The third kappa shape index (κ3) is 2.69. The van der Waals surface area contributed by atoms with Gasteiger partial charge in [-0.05, 0) is 61.1 Å². The highest BCUT2D eigenvalue weighted by Crippen LogP contribution is 2.42. The number of aryl methyl sites for hydroxylation is 2. The molecule has 1 aliphatic carbocycles. The predicted molar refractivity (Wildman–Crippen MR) is 80.5 cm³/mol. The summed E-state index contributed by atoms with van der Waals surface area (Å²) in [5.41, 5.74) is 5.09. The average Bonchev–Trinajstić information content (AvgIpc) is 2.71. The van der Waals surface area contributed by atoms with E-state index in [1.165, 1.54) is 22.3 Å². The summed E-state index contributed by atoms with van der Waals surface area (Å²) < 4.78 is 6.71. The number of allylic oxidation sites excluding steroid dienone is 2. The molecule has 1 atom stereocenters. The molecule has 0 heterocycles. The van der Waals surface area contributed by atoms with E-state index in [2.05, 4.69) is 48.0 Å². The Morgan fingerprint density at radius 1 is 1.37 bits per heavy atom. The van der Waals surface area contributed by atoms with Crippen LogP contribution in [0.15, 0.2) is 22.4 Å². The van der Waals surface area contributed by atoms with Crippen molar-refractivity contribution in [2.75, 3.05) is 7.11 Å². The van der Waals surface area contributed by atoms with E-state index in [-0.39, 0.29) is 5.92 Å². The van der Waals surface area contributed by atoms with Crippen LogP contribution in [0.4, 0.5) is 0 Å². The standard InChI is InChI=1S/C16H18BrNO/c1-10-8-13(17)9-11(2)15(10)14-5-4-12(6-7-18)16(14)19-3/h8-9,12H,4-6H2,1-3H3. The summed E-state index contributed by atoms with van der Waals surface area (Å²) in [7, 11) is 1.72. The molecule has 2 rings (SSSR count). The summed E-state index contributed by atoms with van der Waals surface area (Å²) in [5, 5.41) is 8.91. The third-order valence-electron chi connectivity index (χ3n) is 3.77. The minimum atomic E-state index is 0.257. The van der Waals surface area contributed by atoms with Crippen molar-refractivity contribution in [3.63, 3.8) is 0 Å². The SMILES string of the molecule is COC1=C(c2c(C)cc(Br)cc2C)CCC1CC#N. The van der Waals surface area contributed by atoms with Gasteiger partial charge in [-0.2, -0.15) is 5.26 Å². The van der Waals surface area contributed by atoms with E-state index in [4.69, 9.17) is 10.00 Å². The molecule has 0 N–H and O–H groups in total. The lowest BCUT2D eigenvalue weighted by Crippen LogP contribution is -2.01. The van der Waals surface area contributed by atoms with Crippen LogP contribution in [-0.4, -0.2) is 7.11 Å². The predicted octanol–water partition coefficient (Wildman–Crippen LogP) is 4.75. The first kappa shape index (κ1) is 14.1. The van der Waals surface area contributed by atoms with Gasteiger partial charge in [0.25, 0.3) is 0 Å². The molecule has 2 nitrogen and oxygen atoms in total. The van der Waals surface area contributed by atoms with Crippen molar-refractivity contribution in [3.05, 3.63) is 39.1 Å². The van der Waals surface area contributed by atoms with Gasteiger partial charge in [0.1, 0.15) is 5.76 Å². The van der Waals surface area contributed by atoms with Crippen LogP contribution in [0.1, 0.15) is 36.0 Å². The molecule has 0 amide bonds. The number of benzene rings is 1. The molecule has 1 aliphatic rings. The summed E-state index contributed by atoms with van der Waals surface area (Å²) in [6.07, 6.45) is 2.56. The first-order valence-corrected chi connectivity index (χ1v) is 7.28. The molecular weight excluding hydrogens is 302 g/mol. The van der Waals surface area contributed by atoms with E-state index in [1.807, 2.05) is 0 Å². The van der Waals surface area contributed by atoms with Crippen LogP contribution in [0.5, 0.6) is 0 Å². The Morgan fingerprint density at radius 2 is 2.00 bits per heavy atom. The second kappa shape index (κ2) is 5.79. The molecule has 0 radical (unpaired) electrons. The zero-order valence-corrected chi connectivity index (χ0v) is 13.2. The largest absolute Gasteiger partial charge is 0.500 e. The summed E-state index contributed by atoms with van der Waals surface area (Å²) in [4.78, 5) is 0. The van der Waals surface area contributed by atoms with Crippen LogP contribution in [0, 0.1) is 31.1 Å². The van der Waals surface area contributed by atoms with E-state index >= 15 is 0 Å². The minimum absolute atomic E-state index is 0.257. The first-order chi connectivity index (χ1) is 9.08. The van der Waals surface area contributed by atoms with E-state index in [0.29, 0.717) is 6.42 Å². The number of hydrogen-bond acceptors (Lipinski definition) is 2. The lowest BCUT2D eigenvalue weighted by molar-refractivity contribution is 0.250. The number of ether oxygens (including phenoxy) is 1. The van der Waals surface area contributed by atoms with Crippen molar-refractivity contribution >= 4 is 21.5 Å². The van der Waals surface area contributed by atoms with Crippen molar-refractivity contribution in [2.45, 2.75) is 33.1 Å². The second-order valence-corrected chi connectivity index (χ2v) is 5.98. The maximum atomic E-state index is 8.91. The molecule has 100 valence electrons. The summed E-state index contributed by atoms with van der Waals surface area (Å²) in [5.74, 6) is 1.27. The number of nitriles is 1. The van der Waals surface area contributed by atoms with Gasteiger partial charge in [-0.25, -0.2) is 0 Å². The summed E-state index contributed by atoms with van der Waals surface area (Å²) >= 11 is 3.53. The van der Waals surface area contributed by atoms with Crippen LogP contribution in [-0.2, 0) is 4.74 Å². The summed E-state index contributed by atoms with van der Waals surface area (Å²) in [6, 6.07) is 6.54. The van der Waals surface area contributed by atoms with Crippen LogP contribution in [0.2, 0.25) is 0 Å². The van der Waals surface area contributed by atoms with Gasteiger partial charge in [0, 0.05) is 16.8 Å². The molecule has 1 aromatic carbocycles. The Balaban J connectivity index is 2.52. The number of halogens is 1. The van der Waals surface area contributed by atoms with Gasteiger partial charge < -0.3 is 4.74 Å². The van der Waals surface area contributed by atoms with Gasteiger partial charge in [0.15, 0.2) is 0 Å². The van der Waals surface area contributed by atoms with Gasteiger partial charge in [-0.15, -0.1) is 0 Å².